The number of primary amides is 1. The van der Waals surface area contributed by atoms with E-state index >= 15 is 0 Å². The number of carbonyl (C=O) groups excluding carboxylic acids is 2. The number of carbonyl (C=O) groups is 2. The highest BCUT2D eigenvalue weighted by Gasteiger charge is 2.37. The molecule has 2 aliphatic heterocycles. The molecular weight excluding hydrogens is 288 g/mol. The number of urea groups is 1. The molecule has 21 heavy (non-hydrogen) atoms. The van der Waals surface area contributed by atoms with Crippen molar-refractivity contribution >= 4 is 28.3 Å². The SMILES string of the molecule is NC(=O)C1CCN(C2CN(C(=O)Nc3cccs3)C2)CC1. The fraction of sp³-hybridized carbons (Fsp3) is 0.571. The number of nitrogens with zero attached hydrogens (tertiary/aromatic N) is 2. The number of anilines is 1. The zero-order valence-corrected chi connectivity index (χ0v) is 12.6. The molecule has 3 heterocycles. The van der Waals surface area contributed by atoms with Crippen molar-refractivity contribution in [3.8, 4) is 0 Å². The molecule has 3 amide bonds. The number of rotatable bonds is 3. The zero-order valence-electron chi connectivity index (χ0n) is 11.8. The molecule has 3 rings (SSSR count). The van der Waals surface area contributed by atoms with Crippen molar-refractivity contribution in [2.45, 2.75) is 18.9 Å². The highest BCUT2D eigenvalue weighted by molar-refractivity contribution is 7.14. The minimum atomic E-state index is -0.180. The summed E-state index contributed by atoms with van der Waals surface area (Å²) in [5.41, 5.74) is 5.34. The Balaban J connectivity index is 1.42. The number of amides is 3. The summed E-state index contributed by atoms with van der Waals surface area (Å²) in [5.74, 6) is -0.153. The lowest BCUT2D eigenvalue weighted by atomic mass is 9.94. The van der Waals surface area contributed by atoms with Crippen molar-refractivity contribution < 1.29 is 9.59 Å². The van der Waals surface area contributed by atoms with Crippen LogP contribution >= 0.6 is 11.3 Å². The van der Waals surface area contributed by atoms with Crippen LogP contribution in [0.3, 0.4) is 0 Å². The van der Waals surface area contributed by atoms with Crippen LogP contribution in [-0.2, 0) is 4.79 Å². The van der Waals surface area contributed by atoms with Crippen molar-refractivity contribution in [2.75, 3.05) is 31.5 Å². The standard InChI is InChI=1S/C14H20N4O2S/c15-13(19)10-3-5-17(6-4-10)11-8-18(9-11)14(20)16-12-2-1-7-21-12/h1-2,7,10-11H,3-6,8-9H2,(H2,15,19)(H,16,20). The van der Waals surface area contributed by atoms with Crippen LogP contribution in [0.25, 0.3) is 0 Å². The predicted molar refractivity (Wildman–Crippen MR) is 82.2 cm³/mol. The number of nitrogens with one attached hydrogen (secondary N) is 1. The minimum absolute atomic E-state index is 0.0271. The lowest BCUT2D eigenvalue weighted by molar-refractivity contribution is -0.123. The third-order valence-corrected chi connectivity index (χ3v) is 5.13. The van der Waals surface area contributed by atoms with Gasteiger partial charge in [-0.3, -0.25) is 15.0 Å². The molecule has 0 unspecified atom stereocenters. The van der Waals surface area contributed by atoms with Gasteiger partial charge in [-0.2, -0.15) is 0 Å². The van der Waals surface area contributed by atoms with Gasteiger partial charge in [0.15, 0.2) is 0 Å². The van der Waals surface area contributed by atoms with Crippen LogP contribution in [0, 0.1) is 5.92 Å². The van der Waals surface area contributed by atoms with Crippen molar-refractivity contribution in [2.24, 2.45) is 11.7 Å². The Labute approximate surface area is 127 Å². The maximum atomic E-state index is 12.0. The molecule has 0 bridgehead atoms. The molecule has 2 aliphatic rings. The molecule has 0 saturated carbocycles. The maximum absolute atomic E-state index is 12.0. The summed E-state index contributed by atoms with van der Waals surface area (Å²) in [6, 6.07) is 4.21. The van der Waals surface area contributed by atoms with E-state index in [2.05, 4.69) is 10.2 Å². The fourth-order valence-corrected chi connectivity index (χ4v) is 3.54. The Morgan fingerprint density at radius 2 is 2.00 bits per heavy atom. The summed E-state index contributed by atoms with van der Waals surface area (Å²) >= 11 is 1.52. The summed E-state index contributed by atoms with van der Waals surface area (Å²) in [6.07, 6.45) is 1.68. The van der Waals surface area contributed by atoms with E-state index in [1.165, 1.54) is 11.3 Å². The van der Waals surface area contributed by atoms with E-state index in [4.69, 9.17) is 5.73 Å². The van der Waals surface area contributed by atoms with Gasteiger partial charge >= 0.3 is 6.03 Å². The van der Waals surface area contributed by atoms with Crippen LogP contribution in [0.15, 0.2) is 17.5 Å². The predicted octanol–water partition coefficient (Wildman–Crippen LogP) is 1.16. The first-order valence-corrected chi connectivity index (χ1v) is 8.14. The molecule has 2 saturated heterocycles. The number of hydrogen-bond donors (Lipinski definition) is 2. The van der Waals surface area contributed by atoms with E-state index in [0.29, 0.717) is 6.04 Å². The fourth-order valence-electron chi connectivity index (χ4n) is 2.94. The van der Waals surface area contributed by atoms with Gasteiger partial charge < -0.3 is 10.6 Å². The zero-order chi connectivity index (χ0) is 14.8. The van der Waals surface area contributed by atoms with Gasteiger partial charge in [-0.15, -0.1) is 11.3 Å². The van der Waals surface area contributed by atoms with Crippen molar-refractivity contribution in [3.05, 3.63) is 17.5 Å². The third kappa shape index (κ3) is 3.19. The second-order valence-electron chi connectivity index (χ2n) is 5.68. The maximum Gasteiger partial charge on any atom is 0.322 e. The summed E-state index contributed by atoms with van der Waals surface area (Å²) in [5, 5.41) is 5.72. The van der Waals surface area contributed by atoms with Crippen LogP contribution in [0.1, 0.15) is 12.8 Å². The first-order valence-electron chi connectivity index (χ1n) is 7.26. The Morgan fingerprint density at radius 1 is 1.29 bits per heavy atom. The van der Waals surface area contributed by atoms with Gasteiger partial charge in [0, 0.05) is 25.0 Å². The minimum Gasteiger partial charge on any atom is -0.369 e. The molecule has 0 atom stereocenters. The van der Waals surface area contributed by atoms with Crippen LogP contribution in [-0.4, -0.2) is 54.0 Å². The Morgan fingerprint density at radius 3 is 2.57 bits per heavy atom. The topological polar surface area (TPSA) is 78.7 Å². The quantitative estimate of drug-likeness (QED) is 0.879. The number of likely N-dealkylation sites (tertiary alicyclic amines) is 2. The van der Waals surface area contributed by atoms with Gasteiger partial charge in [0.05, 0.1) is 5.00 Å². The molecule has 0 radical (unpaired) electrons. The molecule has 1 aromatic rings. The van der Waals surface area contributed by atoms with Gasteiger partial charge in [-0.05, 0) is 43.4 Å². The Kier molecular flexibility index (Phi) is 4.12. The van der Waals surface area contributed by atoms with E-state index in [0.717, 1.165) is 44.0 Å². The molecule has 6 nitrogen and oxygen atoms in total. The number of nitrogens with two attached hydrogens (primary N) is 1. The van der Waals surface area contributed by atoms with Crippen molar-refractivity contribution in [3.63, 3.8) is 0 Å². The Hall–Kier alpha value is -1.60. The van der Waals surface area contributed by atoms with E-state index in [1.807, 2.05) is 22.4 Å². The van der Waals surface area contributed by atoms with E-state index in [-0.39, 0.29) is 17.9 Å². The first kappa shape index (κ1) is 14.3. The molecule has 114 valence electrons. The molecule has 3 N–H and O–H groups in total. The molecule has 1 aromatic heterocycles. The molecule has 0 aliphatic carbocycles. The average molecular weight is 308 g/mol. The third-order valence-electron chi connectivity index (χ3n) is 4.35. The van der Waals surface area contributed by atoms with Crippen LogP contribution < -0.4 is 11.1 Å². The van der Waals surface area contributed by atoms with Crippen molar-refractivity contribution in [1.29, 1.82) is 0 Å². The van der Waals surface area contributed by atoms with E-state index < -0.39 is 0 Å². The Bertz CT molecular complexity index is 505. The summed E-state index contributed by atoms with van der Waals surface area (Å²) in [7, 11) is 0. The normalized spacial score (nSPS) is 21.0. The van der Waals surface area contributed by atoms with Crippen LogP contribution in [0.4, 0.5) is 9.80 Å². The number of thiophene rings is 1. The largest absolute Gasteiger partial charge is 0.369 e. The van der Waals surface area contributed by atoms with Gasteiger partial charge in [0.25, 0.3) is 0 Å². The molecule has 0 spiro atoms. The number of hydrogen-bond acceptors (Lipinski definition) is 4. The van der Waals surface area contributed by atoms with Gasteiger partial charge in [-0.1, -0.05) is 0 Å². The van der Waals surface area contributed by atoms with E-state index in [1.54, 1.807) is 0 Å². The molecule has 7 heteroatoms. The highest BCUT2D eigenvalue weighted by Crippen LogP contribution is 2.24. The molecule has 0 aromatic carbocycles. The lowest BCUT2D eigenvalue weighted by Gasteiger charge is -2.47. The monoisotopic (exact) mass is 308 g/mol. The average Bonchev–Trinajstić information content (AvgIpc) is 2.90. The lowest BCUT2D eigenvalue weighted by Crippen LogP contribution is -2.63. The van der Waals surface area contributed by atoms with Gasteiger partial charge in [-0.25, -0.2) is 4.79 Å². The van der Waals surface area contributed by atoms with E-state index in [9.17, 15) is 9.59 Å². The smallest absolute Gasteiger partial charge is 0.322 e. The number of piperidine rings is 1. The summed E-state index contributed by atoms with van der Waals surface area (Å²) in [4.78, 5) is 27.3. The second kappa shape index (κ2) is 6.03. The summed E-state index contributed by atoms with van der Waals surface area (Å²) in [6.45, 7) is 3.33. The highest BCUT2D eigenvalue weighted by atomic mass is 32.1. The molecule has 2 fully saturated rings. The van der Waals surface area contributed by atoms with Crippen LogP contribution in [0.2, 0.25) is 0 Å². The van der Waals surface area contributed by atoms with Crippen LogP contribution in [0.5, 0.6) is 0 Å². The van der Waals surface area contributed by atoms with Crippen molar-refractivity contribution in [1.82, 2.24) is 9.80 Å². The van der Waals surface area contributed by atoms with Gasteiger partial charge in [0.2, 0.25) is 5.91 Å². The van der Waals surface area contributed by atoms with Gasteiger partial charge in [0.1, 0.15) is 0 Å². The molecular formula is C14H20N4O2S. The second-order valence-corrected chi connectivity index (χ2v) is 6.63. The summed E-state index contributed by atoms with van der Waals surface area (Å²) < 4.78 is 0. The first-order chi connectivity index (χ1) is 10.1.